The molecule has 2 aromatic carbocycles. The highest BCUT2D eigenvalue weighted by Gasteiger charge is 2.31. The van der Waals surface area contributed by atoms with Crippen LogP contribution in [0.3, 0.4) is 0 Å². The summed E-state index contributed by atoms with van der Waals surface area (Å²) >= 11 is 0. The van der Waals surface area contributed by atoms with E-state index < -0.39 is 28.7 Å². The number of ether oxygens (including phenoxy) is 1. The molecular weight excluding hydrogens is 447 g/mol. The number of carboxylic acid groups (broad SMARTS) is 1. The lowest BCUT2D eigenvalue weighted by molar-refractivity contribution is -0.384. The van der Waals surface area contributed by atoms with Crippen LogP contribution in [0.15, 0.2) is 48.5 Å². The molecule has 0 bridgehead atoms. The lowest BCUT2D eigenvalue weighted by Gasteiger charge is -2.13. The molecule has 0 aliphatic carbocycles. The zero-order valence-electron chi connectivity index (χ0n) is 16.6. The third kappa shape index (κ3) is 4.28. The number of carbonyl (C=O) groups is 1. The number of rotatable bonds is 5. The summed E-state index contributed by atoms with van der Waals surface area (Å²) in [5.74, 6) is -1.91. The Balaban J connectivity index is 1.97. The Morgan fingerprint density at radius 1 is 1.15 bits per heavy atom. The molecule has 0 saturated carbocycles. The lowest BCUT2D eigenvalue weighted by Crippen LogP contribution is -2.17. The topological polar surface area (TPSA) is 133 Å². The van der Waals surface area contributed by atoms with E-state index in [1.54, 1.807) is 6.92 Å². The van der Waals surface area contributed by atoms with Crippen molar-refractivity contribution < 1.29 is 32.7 Å². The normalized spacial score (nSPS) is 11.5. The summed E-state index contributed by atoms with van der Waals surface area (Å²) in [6, 6.07) is 10.1. The number of nitro groups is 1. The van der Waals surface area contributed by atoms with E-state index in [1.807, 2.05) is 0 Å². The van der Waals surface area contributed by atoms with E-state index in [-0.39, 0.29) is 28.0 Å². The highest BCUT2D eigenvalue weighted by molar-refractivity contribution is 5.95. The fourth-order valence-electron chi connectivity index (χ4n) is 3.28. The summed E-state index contributed by atoms with van der Waals surface area (Å²) in [4.78, 5) is 26.4. The van der Waals surface area contributed by atoms with Gasteiger partial charge in [-0.15, -0.1) is 18.3 Å². The second-order valence-corrected chi connectivity index (χ2v) is 6.82. The predicted molar refractivity (Wildman–Crippen MR) is 107 cm³/mol. The van der Waals surface area contributed by atoms with Crippen molar-refractivity contribution in [2.45, 2.75) is 13.3 Å². The number of nitrogens with zero attached hydrogens (tertiary/aromatic N) is 5. The summed E-state index contributed by atoms with van der Waals surface area (Å²) in [6.07, 6.45) is -4.92. The maximum atomic E-state index is 12.7. The first kappa shape index (κ1) is 21.7. The highest BCUT2D eigenvalue weighted by Crippen LogP contribution is 2.33. The molecule has 10 nitrogen and oxygen atoms in total. The molecule has 0 radical (unpaired) electrons. The molecule has 0 amide bonds. The molecule has 2 aromatic heterocycles. The van der Waals surface area contributed by atoms with Gasteiger partial charge in [0, 0.05) is 28.8 Å². The second kappa shape index (κ2) is 7.85. The van der Waals surface area contributed by atoms with Crippen molar-refractivity contribution in [1.29, 1.82) is 0 Å². The molecule has 168 valence electrons. The molecule has 1 N–H and O–H groups in total. The van der Waals surface area contributed by atoms with Crippen LogP contribution in [0.1, 0.15) is 16.2 Å². The van der Waals surface area contributed by atoms with Crippen LogP contribution in [-0.4, -0.2) is 42.3 Å². The molecular formula is C20H12F3N5O5. The van der Waals surface area contributed by atoms with Crippen molar-refractivity contribution >= 4 is 22.6 Å². The number of pyridine rings is 1. The zero-order chi connectivity index (χ0) is 23.9. The van der Waals surface area contributed by atoms with E-state index in [9.17, 15) is 33.2 Å². The molecule has 0 aliphatic rings. The molecule has 0 aliphatic heterocycles. The van der Waals surface area contributed by atoms with Crippen molar-refractivity contribution in [2.75, 3.05) is 0 Å². The van der Waals surface area contributed by atoms with E-state index in [1.165, 1.54) is 36.4 Å². The van der Waals surface area contributed by atoms with E-state index >= 15 is 0 Å². The van der Waals surface area contributed by atoms with Crippen molar-refractivity contribution in [3.63, 3.8) is 0 Å². The van der Waals surface area contributed by atoms with Crippen molar-refractivity contribution in [3.05, 3.63) is 70.0 Å². The maximum Gasteiger partial charge on any atom is 0.573 e. The maximum absolute atomic E-state index is 12.7. The summed E-state index contributed by atoms with van der Waals surface area (Å²) in [6.45, 7) is 1.64. The first-order valence-electron chi connectivity index (χ1n) is 9.15. The van der Waals surface area contributed by atoms with Gasteiger partial charge in [-0.1, -0.05) is 5.21 Å². The molecule has 0 unspecified atom stereocenters. The lowest BCUT2D eigenvalue weighted by atomic mass is 10.1. The average Bonchev–Trinajstić information content (AvgIpc) is 3.17. The second-order valence-electron chi connectivity index (χ2n) is 6.82. The highest BCUT2D eigenvalue weighted by atomic mass is 19.4. The summed E-state index contributed by atoms with van der Waals surface area (Å²) < 4.78 is 43.3. The fraction of sp³-hybridized carbons (Fsp3) is 0.100. The van der Waals surface area contributed by atoms with E-state index in [2.05, 4.69) is 20.0 Å². The number of aryl methyl sites for hydroxylation is 1. The molecule has 4 aromatic rings. The zero-order valence-corrected chi connectivity index (χ0v) is 16.6. The Bertz CT molecular complexity index is 1400. The number of alkyl halides is 3. The number of aromatic nitrogens is 4. The molecule has 33 heavy (non-hydrogen) atoms. The van der Waals surface area contributed by atoms with Crippen LogP contribution in [0.4, 0.5) is 18.9 Å². The Morgan fingerprint density at radius 3 is 2.45 bits per heavy atom. The minimum absolute atomic E-state index is 0.0218. The van der Waals surface area contributed by atoms with E-state index in [0.29, 0.717) is 11.2 Å². The number of aromatic carboxylic acids is 1. The van der Waals surface area contributed by atoms with Gasteiger partial charge in [0.05, 0.1) is 16.1 Å². The van der Waals surface area contributed by atoms with Crippen LogP contribution in [0, 0.1) is 17.0 Å². The van der Waals surface area contributed by atoms with Crippen molar-refractivity contribution in [3.8, 4) is 22.7 Å². The third-order valence-corrected chi connectivity index (χ3v) is 4.57. The SMILES string of the molecule is Cc1cc(-n2nnc(C(=O)O)c2-c2ccc([N+](=O)[O-])cc2)c2cc(OC(F)(F)F)ccc2n1. The Kier molecular flexibility index (Phi) is 5.16. The summed E-state index contributed by atoms with van der Waals surface area (Å²) in [5.41, 5.74) is 0.534. The van der Waals surface area contributed by atoms with Gasteiger partial charge >= 0.3 is 12.3 Å². The Labute approximate surface area is 182 Å². The number of fused-ring (bicyclic) bond motifs is 1. The Morgan fingerprint density at radius 2 is 1.85 bits per heavy atom. The first-order chi connectivity index (χ1) is 15.5. The molecule has 2 heterocycles. The number of hydrogen-bond donors (Lipinski definition) is 1. The van der Waals surface area contributed by atoms with Gasteiger partial charge in [0.15, 0.2) is 5.69 Å². The molecule has 0 spiro atoms. The number of non-ortho nitro benzene ring substituents is 1. The molecule has 4 rings (SSSR count). The van der Waals surface area contributed by atoms with Crippen molar-refractivity contribution in [2.24, 2.45) is 0 Å². The minimum Gasteiger partial charge on any atom is -0.476 e. The predicted octanol–water partition coefficient (Wildman–Crippen LogP) is 4.30. The number of hydrogen-bond acceptors (Lipinski definition) is 7. The van der Waals surface area contributed by atoms with E-state index in [0.717, 1.165) is 16.8 Å². The standard InChI is InChI=1S/C20H12F3N5O5/c1-10-8-16(14-9-13(33-20(21,22)23)6-7-15(14)24-10)27-18(17(19(29)30)25-26-27)11-2-4-12(5-3-11)28(31)32/h2-9H,1H3,(H,29,30). The van der Waals surface area contributed by atoms with Gasteiger partial charge in [-0.3, -0.25) is 15.1 Å². The van der Waals surface area contributed by atoms with Crippen LogP contribution in [0.2, 0.25) is 0 Å². The molecule has 0 saturated heterocycles. The molecule has 13 heteroatoms. The van der Waals surface area contributed by atoms with Crippen LogP contribution in [0.5, 0.6) is 5.75 Å². The number of carboxylic acids is 1. The minimum atomic E-state index is -4.92. The van der Waals surface area contributed by atoms with Gasteiger partial charge in [-0.25, -0.2) is 9.48 Å². The smallest absolute Gasteiger partial charge is 0.476 e. The van der Waals surface area contributed by atoms with Gasteiger partial charge in [0.2, 0.25) is 0 Å². The number of nitro benzene ring substituents is 1. The van der Waals surface area contributed by atoms with Gasteiger partial charge in [0.25, 0.3) is 5.69 Å². The third-order valence-electron chi connectivity index (χ3n) is 4.57. The largest absolute Gasteiger partial charge is 0.573 e. The van der Waals surface area contributed by atoms with Gasteiger partial charge in [0.1, 0.15) is 11.4 Å². The van der Waals surface area contributed by atoms with Crippen LogP contribution < -0.4 is 4.74 Å². The molecule has 0 fully saturated rings. The monoisotopic (exact) mass is 459 g/mol. The molecule has 0 atom stereocenters. The van der Waals surface area contributed by atoms with Gasteiger partial charge in [-0.2, -0.15) is 0 Å². The summed E-state index contributed by atoms with van der Waals surface area (Å²) in [5, 5.41) is 28.3. The summed E-state index contributed by atoms with van der Waals surface area (Å²) in [7, 11) is 0. The fourth-order valence-corrected chi connectivity index (χ4v) is 3.28. The van der Waals surface area contributed by atoms with Crippen LogP contribution in [0.25, 0.3) is 27.8 Å². The number of benzene rings is 2. The van der Waals surface area contributed by atoms with Crippen LogP contribution >= 0.6 is 0 Å². The quantitative estimate of drug-likeness (QED) is 0.345. The van der Waals surface area contributed by atoms with Gasteiger partial charge in [-0.05, 0) is 43.3 Å². The van der Waals surface area contributed by atoms with Gasteiger partial charge < -0.3 is 9.84 Å². The van der Waals surface area contributed by atoms with Crippen LogP contribution in [-0.2, 0) is 0 Å². The number of halogens is 3. The van der Waals surface area contributed by atoms with Crippen molar-refractivity contribution in [1.82, 2.24) is 20.0 Å². The average molecular weight is 459 g/mol. The van der Waals surface area contributed by atoms with E-state index in [4.69, 9.17) is 0 Å². The first-order valence-corrected chi connectivity index (χ1v) is 9.15. The Hall–Kier alpha value is -4.55.